The van der Waals surface area contributed by atoms with Crippen molar-refractivity contribution in [3.05, 3.63) is 111 Å². The average molecular weight is 732 g/mol. The lowest BCUT2D eigenvalue weighted by atomic mass is 10.0. The fourth-order valence-electron chi connectivity index (χ4n) is 5.26. The molecule has 0 saturated heterocycles. The third-order valence-electron chi connectivity index (χ3n) is 7.76. The summed E-state index contributed by atoms with van der Waals surface area (Å²) in [6.45, 7) is 0. The van der Waals surface area contributed by atoms with Crippen LogP contribution in [0.3, 0.4) is 0 Å². The molecule has 0 bridgehead atoms. The molecule has 1 fully saturated rings. The molecule has 244 valence electrons. The van der Waals surface area contributed by atoms with E-state index >= 15 is 0 Å². The van der Waals surface area contributed by atoms with Gasteiger partial charge in [-0.25, -0.2) is 12.8 Å². The summed E-state index contributed by atoms with van der Waals surface area (Å²) in [5, 5.41) is 3.15. The standard InChI is InChI=1S/C34H27BrF4N2O5S/c1-40-33(42)31-26-17-25(20-3-4-20)29(41-47(43,44)15-14-19-2-13-28(35)27(16-19)34(37,38)39)18-30(26)46-32(31)21-5-9-23(10-6-21)45-24-11-7-22(36)8-12-24/h2,5-13,16-18,20,41H,3-4,14-15H2,1H3,(H,40,42). The van der Waals surface area contributed by atoms with Crippen molar-refractivity contribution in [3.63, 3.8) is 0 Å². The molecule has 2 N–H and O–H groups in total. The lowest BCUT2D eigenvalue weighted by Crippen LogP contribution is -2.19. The lowest BCUT2D eigenvalue weighted by molar-refractivity contribution is -0.138. The number of ether oxygens (including phenoxy) is 1. The Kier molecular flexibility index (Phi) is 8.79. The van der Waals surface area contributed by atoms with E-state index in [9.17, 15) is 30.8 Å². The number of sulfonamides is 1. The van der Waals surface area contributed by atoms with Crippen LogP contribution in [-0.2, 0) is 22.6 Å². The Morgan fingerprint density at radius 3 is 2.26 bits per heavy atom. The Labute approximate surface area is 276 Å². The predicted molar refractivity (Wildman–Crippen MR) is 174 cm³/mol. The Morgan fingerprint density at radius 2 is 1.64 bits per heavy atom. The number of halogens is 5. The van der Waals surface area contributed by atoms with Gasteiger partial charge in [-0.3, -0.25) is 9.52 Å². The molecule has 1 saturated carbocycles. The minimum atomic E-state index is -4.59. The monoisotopic (exact) mass is 730 g/mol. The molecule has 1 amide bonds. The molecular formula is C34H27BrF4N2O5S. The predicted octanol–water partition coefficient (Wildman–Crippen LogP) is 9.03. The molecule has 1 heterocycles. The number of rotatable bonds is 10. The summed E-state index contributed by atoms with van der Waals surface area (Å²) in [6.07, 6.45) is -3.07. The highest BCUT2D eigenvalue weighted by molar-refractivity contribution is 9.10. The first-order chi connectivity index (χ1) is 22.3. The molecule has 7 nitrogen and oxygen atoms in total. The number of carbonyl (C=O) groups is 1. The van der Waals surface area contributed by atoms with E-state index in [1.807, 2.05) is 0 Å². The molecule has 5 aromatic rings. The fourth-order valence-corrected chi connectivity index (χ4v) is 6.85. The summed E-state index contributed by atoms with van der Waals surface area (Å²) < 4.78 is 94.2. The maximum absolute atomic E-state index is 13.4. The van der Waals surface area contributed by atoms with Gasteiger partial charge in [0, 0.05) is 28.5 Å². The first-order valence-corrected chi connectivity index (χ1v) is 17.0. The Hall–Kier alpha value is -4.36. The highest BCUT2D eigenvalue weighted by Gasteiger charge is 2.34. The van der Waals surface area contributed by atoms with Crippen molar-refractivity contribution in [1.29, 1.82) is 0 Å². The van der Waals surface area contributed by atoms with E-state index in [1.165, 1.54) is 43.4 Å². The highest BCUT2D eigenvalue weighted by Crippen LogP contribution is 2.47. The van der Waals surface area contributed by atoms with E-state index < -0.39 is 33.4 Å². The van der Waals surface area contributed by atoms with Crippen LogP contribution in [0.25, 0.3) is 22.3 Å². The van der Waals surface area contributed by atoms with Crippen molar-refractivity contribution in [2.45, 2.75) is 31.4 Å². The lowest BCUT2D eigenvalue weighted by Gasteiger charge is -2.14. The summed E-state index contributed by atoms with van der Waals surface area (Å²) in [7, 11) is -2.50. The molecule has 0 unspecified atom stereocenters. The molecule has 0 aliphatic heterocycles. The van der Waals surface area contributed by atoms with Crippen LogP contribution in [0.4, 0.5) is 23.2 Å². The van der Waals surface area contributed by atoms with Crippen LogP contribution in [0.1, 0.15) is 45.8 Å². The van der Waals surface area contributed by atoms with Gasteiger partial charge in [0.2, 0.25) is 10.0 Å². The number of amides is 1. The van der Waals surface area contributed by atoms with Crippen LogP contribution >= 0.6 is 15.9 Å². The Bertz CT molecular complexity index is 2080. The molecule has 1 aliphatic rings. The van der Waals surface area contributed by atoms with Crippen molar-refractivity contribution in [2.24, 2.45) is 0 Å². The van der Waals surface area contributed by atoms with Crippen LogP contribution in [-0.4, -0.2) is 27.1 Å². The summed E-state index contributed by atoms with van der Waals surface area (Å²) in [6, 6.07) is 19.3. The summed E-state index contributed by atoms with van der Waals surface area (Å²) >= 11 is 2.90. The Morgan fingerprint density at radius 1 is 0.979 bits per heavy atom. The van der Waals surface area contributed by atoms with Crippen LogP contribution in [0.2, 0.25) is 0 Å². The zero-order valence-electron chi connectivity index (χ0n) is 24.8. The van der Waals surface area contributed by atoms with Crippen LogP contribution in [0.5, 0.6) is 11.5 Å². The Balaban J connectivity index is 1.30. The van der Waals surface area contributed by atoms with Gasteiger partial charge in [0.25, 0.3) is 5.91 Å². The maximum Gasteiger partial charge on any atom is 0.417 e. The number of hydrogen-bond acceptors (Lipinski definition) is 5. The van der Waals surface area contributed by atoms with Gasteiger partial charge in [-0.05, 0) is 103 Å². The average Bonchev–Trinajstić information content (AvgIpc) is 3.81. The molecule has 1 aromatic heterocycles. The first kappa shape index (κ1) is 32.6. The minimum Gasteiger partial charge on any atom is -0.457 e. The zero-order valence-corrected chi connectivity index (χ0v) is 27.2. The number of nitrogens with one attached hydrogen (secondary N) is 2. The number of benzene rings is 4. The van der Waals surface area contributed by atoms with Crippen molar-refractivity contribution >= 4 is 48.5 Å². The van der Waals surface area contributed by atoms with Gasteiger partial charge >= 0.3 is 6.18 Å². The third-order valence-corrected chi connectivity index (χ3v) is 9.72. The van der Waals surface area contributed by atoms with Crippen LogP contribution in [0.15, 0.2) is 87.8 Å². The number of carbonyl (C=O) groups excluding carboxylic acids is 1. The second-order valence-corrected chi connectivity index (χ2v) is 13.9. The number of hydrogen-bond donors (Lipinski definition) is 2. The SMILES string of the molecule is CNC(=O)c1c(-c2ccc(Oc3ccc(F)cc3)cc2)oc2cc(NS(=O)(=O)CCc3ccc(Br)c(C(F)(F)F)c3)c(C3CC3)cc12. The first-order valence-electron chi connectivity index (χ1n) is 14.5. The summed E-state index contributed by atoms with van der Waals surface area (Å²) in [5.74, 6) is 0.0227. The molecule has 6 rings (SSSR count). The van der Waals surface area contributed by atoms with Crippen molar-refractivity contribution in [3.8, 4) is 22.8 Å². The van der Waals surface area contributed by atoms with Crippen LogP contribution < -0.4 is 14.8 Å². The van der Waals surface area contributed by atoms with Gasteiger partial charge in [-0.15, -0.1) is 0 Å². The fraction of sp³-hybridized carbons (Fsp3) is 0.206. The van der Waals surface area contributed by atoms with E-state index in [2.05, 4.69) is 26.0 Å². The molecule has 4 aromatic carbocycles. The molecule has 47 heavy (non-hydrogen) atoms. The molecule has 0 radical (unpaired) electrons. The molecule has 0 atom stereocenters. The summed E-state index contributed by atoms with van der Waals surface area (Å²) in [5.41, 5.74) is 1.45. The normalized spacial score (nSPS) is 13.5. The second-order valence-electron chi connectivity index (χ2n) is 11.2. The molecule has 13 heteroatoms. The number of aryl methyl sites for hydroxylation is 1. The number of fused-ring (bicyclic) bond motifs is 1. The van der Waals surface area contributed by atoms with Gasteiger partial charge < -0.3 is 14.5 Å². The number of anilines is 1. The van der Waals surface area contributed by atoms with E-state index in [4.69, 9.17) is 9.15 Å². The van der Waals surface area contributed by atoms with E-state index in [-0.39, 0.29) is 45.1 Å². The zero-order chi connectivity index (χ0) is 33.5. The van der Waals surface area contributed by atoms with Crippen molar-refractivity contribution in [2.75, 3.05) is 17.5 Å². The smallest absolute Gasteiger partial charge is 0.417 e. The third kappa shape index (κ3) is 7.31. The van der Waals surface area contributed by atoms with Crippen molar-refractivity contribution < 1.29 is 39.9 Å². The second kappa shape index (κ2) is 12.7. The molecule has 0 spiro atoms. The van der Waals surface area contributed by atoms with E-state index in [0.717, 1.165) is 18.9 Å². The van der Waals surface area contributed by atoms with Crippen LogP contribution in [0, 0.1) is 5.82 Å². The van der Waals surface area contributed by atoms with Crippen molar-refractivity contribution in [1.82, 2.24) is 5.32 Å². The highest BCUT2D eigenvalue weighted by atomic mass is 79.9. The number of furan rings is 1. The number of alkyl halides is 3. The van der Waals surface area contributed by atoms with Gasteiger partial charge in [-0.1, -0.05) is 22.0 Å². The maximum atomic E-state index is 13.4. The topological polar surface area (TPSA) is 97.6 Å². The van der Waals surface area contributed by atoms with Gasteiger partial charge in [0.15, 0.2) is 0 Å². The minimum absolute atomic E-state index is 0.0664. The van der Waals surface area contributed by atoms with E-state index in [1.54, 1.807) is 36.4 Å². The van der Waals surface area contributed by atoms with Gasteiger partial charge in [0.05, 0.1) is 22.6 Å². The largest absolute Gasteiger partial charge is 0.457 e. The molecule has 1 aliphatic carbocycles. The quantitative estimate of drug-likeness (QED) is 0.140. The summed E-state index contributed by atoms with van der Waals surface area (Å²) in [4.78, 5) is 13.1. The molecular weight excluding hydrogens is 704 g/mol. The van der Waals surface area contributed by atoms with E-state index in [0.29, 0.717) is 33.7 Å². The van der Waals surface area contributed by atoms with Gasteiger partial charge in [0.1, 0.15) is 28.7 Å². The van der Waals surface area contributed by atoms with Gasteiger partial charge in [-0.2, -0.15) is 13.2 Å².